The van der Waals surface area contributed by atoms with Crippen LogP contribution < -0.4 is 0 Å². The second-order valence-electron chi connectivity index (χ2n) is 7.13. The molecule has 1 saturated heterocycles. The SMILES string of the molecule is CCc1oc(C(=O)N2CC[C@](C)(O)[C@H](C)C2)cc1CN(CC)CC. The molecule has 0 radical (unpaired) electrons. The average molecular weight is 336 g/mol. The van der Waals surface area contributed by atoms with Crippen LogP contribution in [0.5, 0.6) is 0 Å². The van der Waals surface area contributed by atoms with Gasteiger partial charge in [-0.15, -0.1) is 0 Å². The van der Waals surface area contributed by atoms with Gasteiger partial charge >= 0.3 is 0 Å². The van der Waals surface area contributed by atoms with E-state index in [4.69, 9.17) is 4.42 Å². The van der Waals surface area contributed by atoms with Gasteiger partial charge in [0.15, 0.2) is 5.76 Å². The summed E-state index contributed by atoms with van der Waals surface area (Å²) < 4.78 is 5.88. The predicted molar refractivity (Wildman–Crippen MR) is 95.0 cm³/mol. The van der Waals surface area contributed by atoms with Gasteiger partial charge in [-0.2, -0.15) is 0 Å². The van der Waals surface area contributed by atoms with E-state index in [0.717, 1.165) is 37.4 Å². The largest absolute Gasteiger partial charge is 0.456 e. The maximum absolute atomic E-state index is 12.8. The van der Waals surface area contributed by atoms with E-state index in [-0.39, 0.29) is 11.8 Å². The van der Waals surface area contributed by atoms with Crippen molar-refractivity contribution in [2.24, 2.45) is 5.92 Å². The lowest BCUT2D eigenvalue weighted by Crippen LogP contribution is -2.50. The first-order valence-electron chi connectivity index (χ1n) is 9.17. The Kier molecular flexibility index (Phi) is 6.10. The summed E-state index contributed by atoms with van der Waals surface area (Å²) >= 11 is 0. The minimum atomic E-state index is -0.692. The quantitative estimate of drug-likeness (QED) is 0.868. The van der Waals surface area contributed by atoms with E-state index in [1.54, 1.807) is 0 Å². The van der Waals surface area contributed by atoms with Gasteiger partial charge < -0.3 is 14.4 Å². The van der Waals surface area contributed by atoms with Gasteiger partial charge in [-0.1, -0.05) is 27.7 Å². The topological polar surface area (TPSA) is 56.9 Å². The number of carbonyl (C=O) groups is 1. The number of aliphatic hydroxyl groups is 1. The molecule has 0 unspecified atom stereocenters. The first-order valence-corrected chi connectivity index (χ1v) is 9.17. The lowest BCUT2D eigenvalue weighted by atomic mass is 9.84. The summed E-state index contributed by atoms with van der Waals surface area (Å²) in [6.07, 6.45) is 1.39. The Bertz CT molecular complexity index is 561. The molecule has 2 heterocycles. The first kappa shape index (κ1) is 19.0. The lowest BCUT2D eigenvalue weighted by molar-refractivity contribution is -0.0445. The summed E-state index contributed by atoms with van der Waals surface area (Å²) in [6, 6.07) is 1.91. The maximum atomic E-state index is 12.8. The van der Waals surface area contributed by atoms with Gasteiger partial charge in [0.2, 0.25) is 0 Å². The van der Waals surface area contributed by atoms with E-state index in [1.807, 2.05) is 24.8 Å². The van der Waals surface area contributed by atoms with Crippen LogP contribution in [0.4, 0.5) is 0 Å². The second-order valence-corrected chi connectivity index (χ2v) is 7.13. The molecule has 0 saturated carbocycles. The predicted octanol–water partition coefficient (Wildman–Crippen LogP) is 2.92. The number of carbonyl (C=O) groups excluding carboxylic acids is 1. The lowest BCUT2D eigenvalue weighted by Gasteiger charge is -2.40. The Hall–Kier alpha value is -1.33. The van der Waals surface area contributed by atoms with Crippen LogP contribution in [0.2, 0.25) is 0 Å². The molecule has 0 aliphatic carbocycles. The number of furan rings is 1. The number of likely N-dealkylation sites (tertiary alicyclic amines) is 1. The highest BCUT2D eigenvalue weighted by Gasteiger charge is 2.37. The minimum absolute atomic E-state index is 0.0575. The van der Waals surface area contributed by atoms with Gasteiger partial charge in [-0.25, -0.2) is 0 Å². The Labute approximate surface area is 145 Å². The van der Waals surface area contributed by atoms with Crippen LogP contribution in [0.15, 0.2) is 10.5 Å². The Morgan fingerprint density at radius 2 is 2.08 bits per heavy atom. The van der Waals surface area contributed by atoms with E-state index in [0.29, 0.717) is 25.3 Å². The molecule has 2 rings (SSSR count). The summed E-state index contributed by atoms with van der Waals surface area (Å²) in [5.41, 5.74) is 0.421. The summed E-state index contributed by atoms with van der Waals surface area (Å²) in [7, 11) is 0. The fourth-order valence-electron chi connectivity index (χ4n) is 3.26. The van der Waals surface area contributed by atoms with Crippen molar-refractivity contribution in [3.63, 3.8) is 0 Å². The third-order valence-corrected chi connectivity index (χ3v) is 5.45. The van der Waals surface area contributed by atoms with Gasteiger partial charge in [0.05, 0.1) is 5.60 Å². The Balaban J connectivity index is 2.14. The summed E-state index contributed by atoms with van der Waals surface area (Å²) in [4.78, 5) is 16.9. The number of hydrogen-bond donors (Lipinski definition) is 1. The van der Waals surface area contributed by atoms with Crippen molar-refractivity contribution in [1.82, 2.24) is 9.80 Å². The molecule has 0 aromatic carbocycles. The highest BCUT2D eigenvalue weighted by atomic mass is 16.4. The van der Waals surface area contributed by atoms with Crippen LogP contribution in [0.25, 0.3) is 0 Å². The molecule has 1 aromatic heterocycles. The molecule has 1 aliphatic heterocycles. The standard InChI is InChI=1S/C19H32N2O3/c1-6-16-15(13-20(7-2)8-3)11-17(24-16)18(22)21-10-9-19(5,23)14(4)12-21/h11,14,23H,6-10,12-13H2,1-5H3/t14-,19+/m1/s1. The zero-order chi connectivity index (χ0) is 17.9. The van der Waals surface area contributed by atoms with Crippen molar-refractivity contribution in [1.29, 1.82) is 0 Å². The smallest absolute Gasteiger partial charge is 0.289 e. The van der Waals surface area contributed by atoms with Crippen molar-refractivity contribution in [2.75, 3.05) is 26.2 Å². The Morgan fingerprint density at radius 1 is 1.42 bits per heavy atom. The van der Waals surface area contributed by atoms with Crippen molar-refractivity contribution in [3.8, 4) is 0 Å². The van der Waals surface area contributed by atoms with Crippen molar-refractivity contribution in [2.45, 2.75) is 59.6 Å². The van der Waals surface area contributed by atoms with Crippen LogP contribution in [0.3, 0.4) is 0 Å². The highest BCUT2D eigenvalue weighted by molar-refractivity contribution is 5.92. The van der Waals surface area contributed by atoms with Crippen LogP contribution in [0, 0.1) is 5.92 Å². The number of piperidine rings is 1. The zero-order valence-corrected chi connectivity index (χ0v) is 15.8. The van der Waals surface area contributed by atoms with Crippen LogP contribution >= 0.6 is 0 Å². The molecule has 1 aliphatic rings. The van der Waals surface area contributed by atoms with Crippen LogP contribution in [0.1, 0.15) is 62.9 Å². The molecule has 24 heavy (non-hydrogen) atoms. The fourth-order valence-corrected chi connectivity index (χ4v) is 3.26. The van der Waals surface area contributed by atoms with E-state index in [2.05, 4.69) is 25.7 Å². The molecule has 1 aromatic rings. The zero-order valence-electron chi connectivity index (χ0n) is 15.8. The minimum Gasteiger partial charge on any atom is -0.456 e. The van der Waals surface area contributed by atoms with Crippen molar-refractivity contribution in [3.05, 3.63) is 23.2 Å². The molecule has 5 nitrogen and oxygen atoms in total. The van der Waals surface area contributed by atoms with Gasteiger partial charge in [0.1, 0.15) is 5.76 Å². The van der Waals surface area contributed by atoms with Crippen LogP contribution in [-0.4, -0.2) is 52.6 Å². The molecular formula is C19H32N2O3. The molecule has 0 spiro atoms. The number of amides is 1. The fraction of sp³-hybridized carbons (Fsp3) is 0.737. The molecule has 1 fully saturated rings. The third-order valence-electron chi connectivity index (χ3n) is 5.45. The van der Waals surface area contributed by atoms with Crippen LogP contribution in [-0.2, 0) is 13.0 Å². The molecule has 1 amide bonds. The van der Waals surface area contributed by atoms with Gasteiger partial charge in [-0.3, -0.25) is 9.69 Å². The van der Waals surface area contributed by atoms with E-state index in [1.165, 1.54) is 0 Å². The van der Waals surface area contributed by atoms with Gasteiger partial charge in [0, 0.05) is 37.5 Å². The molecule has 1 N–H and O–H groups in total. The summed E-state index contributed by atoms with van der Waals surface area (Å²) in [5.74, 6) is 1.34. The van der Waals surface area contributed by atoms with Crippen molar-refractivity contribution >= 4 is 5.91 Å². The Morgan fingerprint density at radius 3 is 2.62 bits per heavy atom. The van der Waals surface area contributed by atoms with Crippen molar-refractivity contribution < 1.29 is 14.3 Å². The number of rotatable bonds is 6. The third kappa shape index (κ3) is 4.01. The van der Waals surface area contributed by atoms with E-state index >= 15 is 0 Å². The highest BCUT2D eigenvalue weighted by Crippen LogP contribution is 2.29. The van der Waals surface area contributed by atoms with E-state index < -0.39 is 5.60 Å². The number of aryl methyl sites for hydroxylation is 1. The normalized spacial score (nSPS) is 24.6. The first-order chi connectivity index (χ1) is 11.3. The molecule has 5 heteroatoms. The molecule has 136 valence electrons. The van der Waals surface area contributed by atoms with Gasteiger partial charge in [-0.05, 0) is 32.5 Å². The molecule has 2 atom stereocenters. The summed E-state index contributed by atoms with van der Waals surface area (Å²) in [5, 5.41) is 10.3. The second kappa shape index (κ2) is 7.70. The maximum Gasteiger partial charge on any atom is 0.289 e. The van der Waals surface area contributed by atoms with E-state index in [9.17, 15) is 9.90 Å². The number of hydrogen-bond acceptors (Lipinski definition) is 4. The monoisotopic (exact) mass is 336 g/mol. The average Bonchev–Trinajstić information content (AvgIpc) is 2.97. The number of nitrogens with zero attached hydrogens (tertiary/aromatic N) is 2. The molecule has 0 bridgehead atoms. The molecular weight excluding hydrogens is 304 g/mol. The van der Waals surface area contributed by atoms with Gasteiger partial charge in [0.25, 0.3) is 5.91 Å². The summed E-state index contributed by atoms with van der Waals surface area (Å²) in [6.45, 7) is 14.1.